The fourth-order valence-electron chi connectivity index (χ4n) is 3.90. The van der Waals surface area contributed by atoms with Crippen LogP contribution in [0.4, 0.5) is 4.39 Å². The molecule has 8 nitrogen and oxygen atoms in total. The summed E-state index contributed by atoms with van der Waals surface area (Å²) in [6.45, 7) is 15.5. The SMILES string of the molecule is C=C(C)C(=O)Oc1ccc(-c2ccc(-c3cc(OC(=O)C(=C)C)c(OC(=O)C(=C)C)cc3COC)cc2F)cc1COC. The molecule has 0 heterocycles. The largest absolute Gasteiger partial charge is 0.423 e. The van der Waals surface area contributed by atoms with Gasteiger partial charge >= 0.3 is 17.9 Å². The Hall–Kier alpha value is -4.86. The molecule has 3 rings (SSSR count). The van der Waals surface area contributed by atoms with Gasteiger partial charge in [0.05, 0.1) is 13.2 Å². The highest BCUT2D eigenvalue weighted by Gasteiger charge is 2.21. The monoisotopic (exact) mass is 588 g/mol. The molecule has 0 radical (unpaired) electrons. The second-order valence-electron chi connectivity index (χ2n) is 9.85. The van der Waals surface area contributed by atoms with Crippen LogP contribution in [0.15, 0.2) is 85.0 Å². The number of carbonyl (C=O) groups is 3. The van der Waals surface area contributed by atoms with Crippen LogP contribution in [-0.4, -0.2) is 32.1 Å². The van der Waals surface area contributed by atoms with Crippen molar-refractivity contribution in [3.05, 3.63) is 102 Å². The maximum absolute atomic E-state index is 15.7. The summed E-state index contributed by atoms with van der Waals surface area (Å²) in [5.41, 5.74) is 3.34. The predicted molar refractivity (Wildman–Crippen MR) is 160 cm³/mol. The number of carbonyl (C=O) groups excluding carboxylic acids is 3. The molecular weight excluding hydrogens is 555 g/mol. The summed E-state index contributed by atoms with van der Waals surface area (Å²) < 4.78 is 42.6. The zero-order chi connectivity index (χ0) is 31.8. The third kappa shape index (κ3) is 8.12. The highest BCUT2D eigenvalue weighted by molar-refractivity contribution is 5.92. The molecule has 0 aliphatic rings. The Kier molecular flexibility index (Phi) is 10.9. The van der Waals surface area contributed by atoms with Crippen LogP contribution in [-0.2, 0) is 37.1 Å². The van der Waals surface area contributed by atoms with Crippen LogP contribution < -0.4 is 14.2 Å². The maximum Gasteiger partial charge on any atom is 0.338 e. The molecule has 0 aliphatic heterocycles. The number of hydrogen-bond acceptors (Lipinski definition) is 8. The summed E-state index contributed by atoms with van der Waals surface area (Å²) >= 11 is 0. The van der Waals surface area contributed by atoms with Crippen LogP contribution in [0.1, 0.15) is 31.9 Å². The first-order valence-electron chi connectivity index (χ1n) is 13.1. The molecule has 9 heteroatoms. The van der Waals surface area contributed by atoms with Gasteiger partial charge in [-0.25, -0.2) is 18.8 Å². The zero-order valence-electron chi connectivity index (χ0n) is 24.8. The minimum absolute atomic E-state index is 0.0337. The smallest absolute Gasteiger partial charge is 0.338 e. The van der Waals surface area contributed by atoms with Gasteiger partial charge < -0.3 is 23.7 Å². The van der Waals surface area contributed by atoms with Crippen molar-refractivity contribution in [1.82, 2.24) is 0 Å². The molecule has 0 unspecified atom stereocenters. The first-order valence-corrected chi connectivity index (χ1v) is 13.1. The summed E-state index contributed by atoms with van der Waals surface area (Å²) in [5.74, 6) is -2.39. The third-order valence-corrected chi connectivity index (χ3v) is 6.07. The van der Waals surface area contributed by atoms with Crippen molar-refractivity contribution in [3.8, 4) is 39.5 Å². The van der Waals surface area contributed by atoms with Crippen molar-refractivity contribution in [2.45, 2.75) is 34.0 Å². The van der Waals surface area contributed by atoms with E-state index in [9.17, 15) is 14.4 Å². The maximum atomic E-state index is 15.7. The molecule has 0 aromatic heterocycles. The summed E-state index contributed by atoms with van der Waals surface area (Å²) in [6.07, 6.45) is 0. The number of rotatable bonds is 12. The van der Waals surface area contributed by atoms with Crippen molar-refractivity contribution in [2.24, 2.45) is 0 Å². The molecule has 43 heavy (non-hydrogen) atoms. The molecule has 3 aromatic rings. The van der Waals surface area contributed by atoms with Gasteiger partial charge in [-0.2, -0.15) is 0 Å². The molecule has 0 aliphatic carbocycles. The average molecular weight is 589 g/mol. The zero-order valence-corrected chi connectivity index (χ0v) is 24.8. The molecule has 0 saturated carbocycles. The van der Waals surface area contributed by atoms with E-state index in [0.717, 1.165) is 0 Å². The van der Waals surface area contributed by atoms with Crippen LogP contribution >= 0.6 is 0 Å². The van der Waals surface area contributed by atoms with Gasteiger partial charge in [-0.3, -0.25) is 0 Å². The van der Waals surface area contributed by atoms with Gasteiger partial charge in [-0.05, 0) is 73.4 Å². The second-order valence-corrected chi connectivity index (χ2v) is 9.85. The lowest BCUT2D eigenvalue weighted by Gasteiger charge is -2.17. The van der Waals surface area contributed by atoms with E-state index in [4.69, 9.17) is 23.7 Å². The van der Waals surface area contributed by atoms with Crippen LogP contribution in [0.3, 0.4) is 0 Å². The number of hydrogen-bond donors (Lipinski definition) is 0. The molecule has 0 saturated heterocycles. The van der Waals surface area contributed by atoms with Crippen molar-refractivity contribution in [1.29, 1.82) is 0 Å². The molecule has 0 fully saturated rings. The topological polar surface area (TPSA) is 97.4 Å². The molecule has 3 aromatic carbocycles. The number of methoxy groups -OCH3 is 2. The summed E-state index contributed by atoms with van der Waals surface area (Å²) in [6, 6.07) is 12.5. The molecular formula is C34H33FO8. The Morgan fingerprint density at radius 3 is 1.58 bits per heavy atom. The lowest BCUT2D eigenvalue weighted by atomic mass is 9.95. The molecule has 0 N–H and O–H groups in total. The average Bonchev–Trinajstić information content (AvgIpc) is 2.95. The Bertz CT molecular complexity index is 1620. The minimum atomic E-state index is -0.733. The number of benzene rings is 3. The summed E-state index contributed by atoms with van der Waals surface area (Å²) in [7, 11) is 2.98. The first kappa shape index (κ1) is 32.7. The van der Waals surface area contributed by atoms with E-state index >= 15 is 4.39 Å². The third-order valence-electron chi connectivity index (χ3n) is 6.07. The number of halogens is 1. The van der Waals surface area contributed by atoms with Crippen LogP contribution in [0.2, 0.25) is 0 Å². The van der Waals surface area contributed by atoms with Crippen molar-refractivity contribution >= 4 is 17.9 Å². The van der Waals surface area contributed by atoms with Crippen molar-refractivity contribution < 1.29 is 42.5 Å². The second kappa shape index (κ2) is 14.4. The van der Waals surface area contributed by atoms with E-state index in [-0.39, 0.29) is 52.7 Å². The Balaban J connectivity index is 2.10. The quantitative estimate of drug-likeness (QED) is 0.128. The Morgan fingerprint density at radius 1 is 0.605 bits per heavy atom. The van der Waals surface area contributed by atoms with Crippen LogP contribution in [0.25, 0.3) is 22.3 Å². The molecule has 224 valence electrons. The first-order chi connectivity index (χ1) is 20.4. The van der Waals surface area contributed by atoms with Gasteiger partial charge in [-0.1, -0.05) is 37.9 Å². The van der Waals surface area contributed by atoms with Gasteiger partial charge in [0, 0.05) is 42.1 Å². The lowest BCUT2D eigenvalue weighted by molar-refractivity contribution is -0.132. The number of esters is 3. The number of ether oxygens (including phenoxy) is 5. The predicted octanol–water partition coefficient (Wildman–Crippen LogP) is 6.90. The highest BCUT2D eigenvalue weighted by atomic mass is 19.1. The van der Waals surface area contributed by atoms with E-state index in [1.165, 1.54) is 53.2 Å². The van der Waals surface area contributed by atoms with Crippen LogP contribution in [0.5, 0.6) is 17.2 Å². The van der Waals surface area contributed by atoms with Gasteiger partial charge in [0.15, 0.2) is 11.5 Å². The van der Waals surface area contributed by atoms with Gasteiger partial charge in [0.1, 0.15) is 11.6 Å². The lowest BCUT2D eigenvalue weighted by Crippen LogP contribution is -2.13. The van der Waals surface area contributed by atoms with E-state index in [1.807, 2.05) is 0 Å². The molecule has 0 amide bonds. The van der Waals surface area contributed by atoms with Gasteiger partial charge in [-0.15, -0.1) is 0 Å². The van der Waals surface area contributed by atoms with Crippen LogP contribution in [0, 0.1) is 5.82 Å². The van der Waals surface area contributed by atoms with Gasteiger partial charge in [0.2, 0.25) is 0 Å². The summed E-state index contributed by atoms with van der Waals surface area (Å²) in [4.78, 5) is 36.7. The van der Waals surface area contributed by atoms with E-state index in [0.29, 0.717) is 27.8 Å². The van der Waals surface area contributed by atoms with Crippen molar-refractivity contribution in [2.75, 3.05) is 14.2 Å². The minimum Gasteiger partial charge on any atom is -0.423 e. The van der Waals surface area contributed by atoms with E-state index in [2.05, 4.69) is 19.7 Å². The fraction of sp³-hybridized carbons (Fsp3) is 0.206. The van der Waals surface area contributed by atoms with Crippen molar-refractivity contribution in [3.63, 3.8) is 0 Å². The molecule has 0 bridgehead atoms. The van der Waals surface area contributed by atoms with Gasteiger partial charge in [0.25, 0.3) is 0 Å². The van der Waals surface area contributed by atoms with E-state index in [1.54, 1.807) is 30.3 Å². The Morgan fingerprint density at radius 2 is 1.07 bits per heavy atom. The highest BCUT2D eigenvalue weighted by Crippen LogP contribution is 2.39. The van der Waals surface area contributed by atoms with E-state index < -0.39 is 23.7 Å². The molecule has 0 atom stereocenters. The fourth-order valence-corrected chi connectivity index (χ4v) is 3.90. The molecule has 0 spiro atoms. The Labute approximate surface area is 250 Å². The normalized spacial score (nSPS) is 10.6. The summed E-state index contributed by atoms with van der Waals surface area (Å²) in [5, 5.41) is 0. The standard InChI is InChI=1S/C34H33FO8/c1-19(2)32(36)41-29-12-10-22(13-25(29)18-40-8)26-11-9-23(14-28(26)35)27-16-31(43-34(38)21(5)6)30(15-24(27)17-39-7)42-33(37)20(3)4/h9-16H,1,3,5,17-18H2,2,4,6-8H3.